The van der Waals surface area contributed by atoms with E-state index in [2.05, 4.69) is 19.9 Å². The van der Waals surface area contributed by atoms with Crippen LogP contribution in [0, 0.1) is 28.6 Å². The molecule has 6 aliphatic rings. The molecule has 0 spiro atoms. The number of sulfonamides is 1. The Morgan fingerprint density at radius 3 is 2.47 bits per heavy atom. The molecule has 6 nitrogen and oxygen atoms in total. The second kappa shape index (κ2) is 14.8. The molecule has 1 aromatic heterocycles. The molecule has 55 heavy (non-hydrogen) atoms. The number of nitrogens with zero attached hydrogens (tertiary/aromatic N) is 1. The lowest BCUT2D eigenvalue weighted by atomic mass is 9.45. The number of rotatable bonds is 8. The second-order valence-corrected chi connectivity index (χ2v) is 20.9. The first kappa shape index (κ1) is 40.4. The molecule has 3 aromatic rings. The van der Waals surface area contributed by atoms with E-state index in [-0.39, 0.29) is 46.1 Å². The van der Waals surface area contributed by atoms with Gasteiger partial charge in [0.2, 0.25) is 0 Å². The molecule has 0 saturated heterocycles. The van der Waals surface area contributed by atoms with Crippen LogP contribution in [0.15, 0.2) is 75.8 Å². The Balaban J connectivity index is 1.31. The number of aliphatic hydroxyl groups is 2. The van der Waals surface area contributed by atoms with Crippen LogP contribution < -0.4 is 0 Å². The van der Waals surface area contributed by atoms with Crippen LogP contribution in [-0.4, -0.2) is 53.5 Å². The van der Waals surface area contributed by atoms with Gasteiger partial charge in [0, 0.05) is 29.6 Å². The molecule has 2 N–H and O–H groups in total. The minimum absolute atomic E-state index is 0.0923. The SMILES string of the molecule is CC1=CCC[C@@]2(C)[C@@H](CC[C@@]2(O)CN(C[C@@H]2CC[C@H]3C[C@@H]2C3(C)C)S(=O)(=O)c2cccs2)c2ccc(cc2C(=O)c2cccc(C(F)(F)F)c2)C[C@@H](O)CC1. The zero-order chi connectivity index (χ0) is 39.6. The third kappa shape index (κ3) is 7.53. The van der Waals surface area contributed by atoms with Gasteiger partial charge in [-0.05, 0) is 141 Å². The van der Waals surface area contributed by atoms with E-state index in [0.29, 0.717) is 61.6 Å². The highest BCUT2D eigenvalue weighted by atomic mass is 32.2. The van der Waals surface area contributed by atoms with E-state index >= 15 is 0 Å². The number of thiophene rings is 1. The van der Waals surface area contributed by atoms with Gasteiger partial charge in [-0.2, -0.15) is 17.5 Å². The monoisotopic (exact) mass is 797 g/mol. The molecule has 0 radical (unpaired) electrons. The summed E-state index contributed by atoms with van der Waals surface area (Å²) in [6.07, 6.45) is 3.17. The number of carbonyl (C=O) groups is 1. The molecular formula is C44H54F3NO5S2. The summed E-state index contributed by atoms with van der Waals surface area (Å²) in [6, 6.07) is 13.2. The van der Waals surface area contributed by atoms with Crippen molar-refractivity contribution in [1.29, 1.82) is 0 Å². The fraction of sp³-hybridized carbons (Fsp3) is 0.568. The van der Waals surface area contributed by atoms with E-state index in [1.165, 1.54) is 23.5 Å². The lowest BCUT2D eigenvalue weighted by Gasteiger charge is -2.60. The highest BCUT2D eigenvalue weighted by Gasteiger charge is 2.59. The van der Waals surface area contributed by atoms with Gasteiger partial charge in [-0.25, -0.2) is 8.42 Å². The molecule has 4 bridgehead atoms. The van der Waals surface area contributed by atoms with E-state index in [1.54, 1.807) is 27.9 Å². The van der Waals surface area contributed by atoms with Gasteiger partial charge >= 0.3 is 6.18 Å². The van der Waals surface area contributed by atoms with Crippen molar-refractivity contribution in [1.82, 2.24) is 4.31 Å². The molecule has 9 rings (SSSR count). The van der Waals surface area contributed by atoms with Crippen LogP contribution in [0.3, 0.4) is 0 Å². The standard InChI is InChI=1S/C44H54F3NO5S2/c1-28-8-6-19-42(4)37(35-17-13-29(22-34(49)16-12-28)23-36(35)40(50)30-9-5-10-33(24-30)44(45,46)47)18-20-43(42,51)27-48(55(52,53)39-11-7-21-54-39)26-31-14-15-32-25-38(31)41(32,2)3/h5,7-11,13,17,21,23-24,31-32,34,37-38,49,51H,6,12,14-16,18-20,22,25-27H2,1-4H3/t31-,32-,34-,37-,38-,42-,43+/m0/s1. The van der Waals surface area contributed by atoms with Gasteiger partial charge in [0.05, 0.1) is 17.3 Å². The fourth-order valence-electron chi connectivity index (χ4n) is 10.7. The van der Waals surface area contributed by atoms with Crippen molar-refractivity contribution in [3.63, 3.8) is 0 Å². The fourth-order valence-corrected chi connectivity index (χ4v) is 13.4. The largest absolute Gasteiger partial charge is 0.416 e. The molecule has 6 aliphatic carbocycles. The maximum absolute atomic E-state index is 14.6. The summed E-state index contributed by atoms with van der Waals surface area (Å²) in [4.78, 5) is 14.4. The molecule has 0 unspecified atom stereocenters. The molecule has 2 aromatic carbocycles. The highest BCUT2D eigenvalue weighted by molar-refractivity contribution is 7.91. The number of hydrogen-bond donors (Lipinski definition) is 2. The molecule has 4 saturated carbocycles. The summed E-state index contributed by atoms with van der Waals surface area (Å²) < 4.78 is 72.3. The van der Waals surface area contributed by atoms with Crippen LogP contribution in [0.25, 0.3) is 0 Å². The van der Waals surface area contributed by atoms with Crippen molar-refractivity contribution >= 4 is 27.1 Å². The summed E-state index contributed by atoms with van der Waals surface area (Å²) in [7, 11) is -3.97. The first-order chi connectivity index (χ1) is 25.8. The van der Waals surface area contributed by atoms with Gasteiger partial charge in [-0.3, -0.25) is 4.79 Å². The first-order valence-electron chi connectivity index (χ1n) is 19.8. The molecule has 0 aliphatic heterocycles. The molecule has 0 amide bonds. The van der Waals surface area contributed by atoms with Crippen LogP contribution in [0.2, 0.25) is 0 Å². The van der Waals surface area contributed by atoms with Gasteiger partial charge in [0.1, 0.15) is 4.21 Å². The average molecular weight is 798 g/mol. The van der Waals surface area contributed by atoms with E-state index in [0.717, 1.165) is 37.0 Å². The van der Waals surface area contributed by atoms with Gasteiger partial charge in [-0.15, -0.1) is 11.3 Å². The summed E-state index contributed by atoms with van der Waals surface area (Å²) in [6.45, 7) is 8.84. The number of ketones is 1. The number of halogens is 3. The molecular weight excluding hydrogens is 744 g/mol. The van der Waals surface area contributed by atoms with Gasteiger partial charge < -0.3 is 10.2 Å². The number of alkyl halides is 3. The number of carbonyl (C=O) groups excluding carboxylic acids is 1. The maximum atomic E-state index is 14.6. The smallest absolute Gasteiger partial charge is 0.393 e. The normalized spacial score (nSPS) is 31.0. The van der Waals surface area contributed by atoms with Gasteiger partial charge in [-0.1, -0.05) is 62.8 Å². The number of allylic oxidation sites excluding steroid dienone is 2. The quantitative estimate of drug-likeness (QED) is 0.175. The number of hydrogen-bond acceptors (Lipinski definition) is 6. The van der Waals surface area contributed by atoms with E-state index in [1.807, 2.05) is 26.0 Å². The minimum Gasteiger partial charge on any atom is -0.393 e. The summed E-state index contributed by atoms with van der Waals surface area (Å²) in [5.41, 5.74) is -0.587. The Labute approximate surface area is 327 Å². The third-order valence-electron chi connectivity index (χ3n) is 14.3. The van der Waals surface area contributed by atoms with Crippen molar-refractivity contribution in [2.75, 3.05) is 13.1 Å². The lowest BCUT2D eigenvalue weighted by molar-refractivity contribution is -0.137. The molecule has 298 valence electrons. The molecule has 4 fully saturated rings. The Morgan fingerprint density at radius 1 is 1.00 bits per heavy atom. The zero-order valence-electron chi connectivity index (χ0n) is 32.2. The zero-order valence-corrected chi connectivity index (χ0v) is 33.9. The number of aliphatic hydroxyl groups excluding tert-OH is 1. The Kier molecular flexibility index (Phi) is 10.9. The Morgan fingerprint density at radius 2 is 1.78 bits per heavy atom. The van der Waals surface area contributed by atoms with Crippen molar-refractivity contribution in [2.24, 2.45) is 28.6 Å². The Hall–Kier alpha value is -2.83. The average Bonchev–Trinajstić information content (AvgIpc) is 3.77. The summed E-state index contributed by atoms with van der Waals surface area (Å²) in [5.74, 6) is 0.248. The first-order valence-corrected chi connectivity index (χ1v) is 22.1. The second-order valence-electron chi connectivity index (χ2n) is 17.8. The minimum atomic E-state index is -4.63. The number of benzene rings is 2. The van der Waals surface area contributed by atoms with Crippen LogP contribution >= 0.6 is 11.3 Å². The topological polar surface area (TPSA) is 94.9 Å². The number of fused-ring (bicyclic) bond motifs is 10. The van der Waals surface area contributed by atoms with E-state index < -0.39 is 50.6 Å². The van der Waals surface area contributed by atoms with Crippen LogP contribution in [0.5, 0.6) is 0 Å². The van der Waals surface area contributed by atoms with Crippen LogP contribution in [0.4, 0.5) is 13.2 Å². The predicted molar refractivity (Wildman–Crippen MR) is 209 cm³/mol. The van der Waals surface area contributed by atoms with Crippen molar-refractivity contribution < 1.29 is 36.6 Å². The molecule has 11 heteroatoms. The van der Waals surface area contributed by atoms with Crippen LogP contribution in [-0.2, 0) is 22.6 Å². The van der Waals surface area contributed by atoms with Crippen molar-refractivity contribution in [2.45, 2.75) is 120 Å². The predicted octanol–water partition coefficient (Wildman–Crippen LogP) is 9.80. The van der Waals surface area contributed by atoms with Gasteiger partial charge in [0.25, 0.3) is 10.0 Å². The van der Waals surface area contributed by atoms with E-state index in [9.17, 15) is 36.6 Å². The maximum Gasteiger partial charge on any atom is 0.416 e. The Bertz CT molecular complexity index is 2040. The third-order valence-corrected chi connectivity index (χ3v) is 17.5. The lowest BCUT2D eigenvalue weighted by Crippen LogP contribution is -2.58. The van der Waals surface area contributed by atoms with Crippen molar-refractivity contribution in [3.05, 3.63) is 99.4 Å². The molecule has 1 heterocycles. The van der Waals surface area contributed by atoms with Gasteiger partial charge in [0.15, 0.2) is 5.78 Å². The summed E-state index contributed by atoms with van der Waals surface area (Å²) in [5, 5.41) is 25.9. The van der Waals surface area contributed by atoms with E-state index in [4.69, 9.17) is 0 Å². The van der Waals surface area contributed by atoms with Crippen LogP contribution in [0.1, 0.15) is 124 Å². The summed E-state index contributed by atoms with van der Waals surface area (Å²) >= 11 is 1.17. The van der Waals surface area contributed by atoms with Crippen molar-refractivity contribution in [3.8, 4) is 0 Å². The highest BCUT2D eigenvalue weighted by Crippen LogP contribution is 2.62. The molecule has 7 atom stereocenters.